The van der Waals surface area contributed by atoms with Crippen molar-refractivity contribution in [3.8, 4) is 5.75 Å². The molecule has 0 bridgehead atoms. The van der Waals surface area contributed by atoms with Crippen molar-refractivity contribution in [1.29, 1.82) is 0 Å². The lowest BCUT2D eigenvalue weighted by Crippen LogP contribution is -2.64. The van der Waals surface area contributed by atoms with Gasteiger partial charge in [-0.15, -0.1) is 11.8 Å². The van der Waals surface area contributed by atoms with Gasteiger partial charge in [0, 0.05) is 23.2 Å². The van der Waals surface area contributed by atoms with Crippen LogP contribution in [0.25, 0.3) is 10.4 Å². The van der Waals surface area contributed by atoms with Gasteiger partial charge in [-0.25, -0.2) is 4.79 Å². The molecule has 1 amide bonds. The van der Waals surface area contributed by atoms with E-state index in [1.165, 1.54) is 23.6 Å². The van der Waals surface area contributed by atoms with Crippen LogP contribution in [0.4, 0.5) is 0 Å². The Balaban J connectivity index is 1.84. The molecule has 3 atom stereocenters. The van der Waals surface area contributed by atoms with E-state index in [4.69, 9.17) is 19.7 Å². The summed E-state index contributed by atoms with van der Waals surface area (Å²) in [6.45, 7) is 2.88. The van der Waals surface area contributed by atoms with Gasteiger partial charge in [0.2, 0.25) is 5.91 Å². The number of esters is 2. The van der Waals surface area contributed by atoms with E-state index in [1.54, 1.807) is 38.3 Å². The molecule has 1 aromatic carbocycles. The largest absolute Gasteiger partial charge is 0.497 e. The fourth-order valence-corrected chi connectivity index (χ4v) is 4.64. The molecule has 0 aromatic heterocycles. The monoisotopic (exact) mass is 432 g/mol. The van der Waals surface area contributed by atoms with Crippen LogP contribution >= 0.6 is 11.8 Å². The van der Waals surface area contributed by atoms with E-state index in [-0.39, 0.29) is 12.3 Å². The zero-order valence-electron chi connectivity index (χ0n) is 16.6. The van der Waals surface area contributed by atoms with Crippen LogP contribution in [0.5, 0.6) is 5.75 Å². The van der Waals surface area contributed by atoms with Gasteiger partial charge in [-0.1, -0.05) is 17.2 Å². The van der Waals surface area contributed by atoms with Crippen molar-refractivity contribution in [2.24, 2.45) is 5.11 Å². The number of azide groups is 1. The fraction of sp³-hybridized carbons (Fsp3) is 0.421. The molecule has 10 nitrogen and oxygen atoms in total. The number of fused-ring (bicyclic) bond motifs is 1. The first kappa shape index (κ1) is 21.5. The van der Waals surface area contributed by atoms with E-state index >= 15 is 0 Å². The van der Waals surface area contributed by atoms with E-state index in [2.05, 4.69) is 10.0 Å². The van der Waals surface area contributed by atoms with Gasteiger partial charge in [0.25, 0.3) is 0 Å². The number of hydrogen-bond acceptors (Lipinski definition) is 8. The quantitative estimate of drug-likeness (QED) is 0.213. The zero-order chi connectivity index (χ0) is 21.8. The molecule has 11 heteroatoms. The summed E-state index contributed by atoms with van der Waals surface area (Å²) in [6.07, 6.45) is -0.717. The normalized spacial score (nSPS) is 21.0. The van der Waals surface area contributed by atoms with Crippen LogP contribution in [-0.2, 0) is 30.5 Å². The van der Waals surface area contributed by atoms with E-state index in [1.807, 2.05) is 0 Å². The number of hydrogen-bond donors (Lipinski definition) is 0. The highest BCUT2D eigenvalue weighted by Gasteiger charge is 2.54. The third-order valence-electron chi connectivity index (χ3n) is 4.70. The Kier molecular flexibility index (Phi) is 6.53. The lowest BCUT2D eigenvalue weighted by molar-refractivity contribution is -0.152. The van der Waals surface area contributed by atoms with E-state index in [9.17, 15) is 14.4 Å². The van der Waals surface area contributed by atoms with E-state index in [0.717, 1.165) is 5.56 Å². The summed E-state index contributed by atoms with van der Waals surface area (Å²) in [7, 11) is 1.55. The Morgan fingerprint density at radius 1 is 1.37 bits per heavy atom. The molecule has 2 aliphatic heterocycles. The molecule has 1 unspecified atom stereocenters. The summed E-state index contributed by atoms with van der Waals surface area (Å²) in [5.74, 6) is -0.706. The van der Waals surface area contributed by atoms with Crippen molar-refractivity contribution in [1.82, 2.24) is 4.90 Å². The number of carbonyl (C=O) groups excluding carboxylic acids is 3. The third-order valence-corrected chi connectivity index (χ3v) is 5.99. The molecule has 1 fully saturated rings. The van der Waals surface area contributed by atoms with Crippen molar-refractivity contribution in [3.05, 3.63) is 51.5 Å². The highest BCUT2D eigenvalue weighted by atomic mass is 32.2. The summed E-state index contributed by atoms with van der Waals surface area (Å²) in [5.41, 5.74) is 9.93. The molecule has 2 aliphatic rings. The second kappa shape index (κ2) is 9.10. The fourth-order valence-electron chi connectivity index (χ4n) is 3.21. The Morgan fingerprint density at radius 3 is 2.67 bits per heavy atom. The first-order valence-electron chi connectivity index (χ1n) is 9.06. The topological polar surface area (TPSA) is 131 Å². The number of thioether (sulfide) groups is 1. The van der Waals surface area contributed by atoms with Crippen LogP contribution in [0.3, 0.4) is 0 Å². The Hall–Kier alpha value is -3.17. The van der Waals surface area contributed by atoms with Gasteiger partial charge in [-0.05, 0) is 30.2 Å². The SMILES string of the molecule is COc1ccc(COC(=O)C2=C(C(C)OC(C)=O)CS[C@H]3[C@@H](N=[N+]=[N-])C(=O)N23)cc1. The van der Waals surface area contributed by atoms with Gasteiger partial charge in [-0.3, -0.25) is 14.5 Å². The van der Waals surface area contributed by atoms with Crippen molar-refractivity contribution >= 4 is 29.6 Å². The second-order valence-electron chi connectivity index (χ2n) is 6.61. The number of ether oxygens (including phenoxy) is 3. The minimum absolute atomic E-state index is 0.0127. The number of methoxy groups -OCH3 is 1. The maximum atomic E-state index is 12.9. The molecular formula is C19H20N4O6S. The number of benzene rings is 1. The Morgan fingerprint density at radius 2 is 2.07 bits per heavy atom. The summed E-state index contributed by atoms with van der Waals surface area (Å²) >= 11 is 1.34. The van der Waals surface area contributed by atoms with Crippen LogP contribution in [-0.4, -0.2) is 53.1 Å². The van der Waals surface area contributed by atoms with Crippen molar-refractivity contribution < 1.29 is 28.6 Å². The molecule has 2 heterocycles. The first-order chi connectivity index (χ1) is 14.4. The lowest BCUT2D eigenvalue weighted by Gasteiger charge is -2.48. The van der Waals surface area contributed by atoms with Gasteiger partial charge >= 0.3 is 11.9 Å². The number of nitrogens with zero attached hydrogens (tertiary/aromatic N) is 4. The minimum atomic E-state index is -0.880. The van der Waals surface area contributed by atoms with Crippen LogP contribution in [0.15, 0.2) is 40.6 Å². The second-order valence-corrected chi connectivity index (χ2v) is 7.71. The number of amides is 1. The molecule has 0 radical (unpaired) electrons. The average molecular weight is 432 g/mol. The molecule has 1 saturated heterocycles. The van der Waals surface area contributed by atoms with Gasteiger partial charge < -0.3 is 14.2 Å². The number of carbonyl (C=O) groups is 3. The Bertz CT molecular complexity index is 941. The van der Waals surface area contributed by atoms with Crippen molar-refractivity contribution in [2.45, 2.75) is 38.0 Å². The molecule has 158 valence electrons. The zero-order valence-corrected chi connectivity index (χ0v) is 17.4. The summed E-state index contributed by atoms with van der Waals surface area (Å²) in [5, 5.41) is 3.02. The van der Waals surface area contributed by atoms with Crippen LogP contribution < -0.4 is 4.74 Å². The molecule has 0 spiro atoms. The number of β-lactam (4-membered cyclic amide) rings is 1. The maximum Gasteiger partial charge on any atom is 0.355 e. The molecular weight excluding hydrogens is 412 g/mol. The molecule has 30 heavy (non-hydrogen) atoms. The maximum absolute atomic E-state index is 12.9. The van der Waals surface area contributed by atoms with Crippen molar-refractivity contribution in [3.63, 3.8) is 0 Å². The molecule has 1 aromatic rings. The molecule has 0 aliphatic carbocycles. The standard InChI is InChI=1S/C19H20N4O6S/c1-10(29-11(2)24)14-9-30-18-15(21-22-20)17(25)23(18)16(14)19(26)28-8-12-4-6-13(27-3)7-5-12/h4-7,10,15,18H,8-9H2,1-3H3/t10?,15-,18-/m0/s1. The van der Waals surface area contributed by atoms with Gasteiger partial charge in [0.15, 0.2) is 0 Å². The van der Waals surface area contributed by atoms with Gasteiger partial charge in [0.1, 0.15) is 35.6 Å². The first-order valence-corrected chi connectivity index (χ1v) is 10.1. The predicted molar refractivity (Wildman–Crippen MR) is 107 cm³/mol. The Labute approximate surface area is 176 Å². The summed E-state index contributed by atoms with van der Waals surface area (Å²) in [4.78, 5) is 40.8. The minimum Gasteiger partial charge on any atom is -0.497 e. The predicted octanol–water partition coefficient (Wildman–Crippen LogP) is 2.54. The van der Waals surface area contributed by atoms with Gasteiger partial charge in [-0.2, -0.15) is 0 Å². The molecule has 0 saturated carbocycles. The third kappa shape index (κ3) is 4.22. The van der Waals surface area contributed by atoms with Gasteiger partial charge in [0.05, 0.1) is 7.11 Å². The van der Waals surface area contributed by atoms with E-state index < -0.39 is 35.4 Å². The van der Waals surface area contributed by atoms with Crippen LogP contribution in [0.2, 0.25) is 0 Å². The molecule has 0 N–H and O–H groups in total. The highest BCUT2D eigenvalue weighted by molar-refractivity contribution is 8.00. The highest BCUT2D eigenvalue weighted by Crippen LogP contribution is 2.43. The lowest BCUT2D eigenvalue weighted by atomic mass is 10.0. The van der Waals surface area contributed by atoms with Crippen LogP contribution in [0, 0.1) is 0 Å². The summed E-state index contributed by atoms with van der Waals surface area (Å²) < 4.78 is 15.8. The van der Waals surface area contributed by atoms with Crippen molar-refractivity contribution in [2.75, 3.05) is 12.9 Å². The van der Waals surface area contributed by atoms with E-state index in [0.29, 0.717) is 17.1 Å². The average Bonchev–Trinajstić information content (AvgIpc) is 2.74. The summed E-state index contributed by atoms with van der Waals surface area (Å²) in [6, 6.07) is 6.12. The molecule has 3 rings (SSSR count). The smallest absolute Gasteiger partial charge is 0.355 e. The number of rotatable bonds is 7. The van der Waals surface area contributed by atoms with Crippen LogP contribution in [0.1, 0.15) is 19.4 Å².